The fourth-order valence-electron chi connectivity index (χ4n) is 1.41. The van der Waals surface area contributed by atoms with Crippen LogP contribution in [0.25, 0.3) is 0 Å². The van der Waals surface area contributed by atoms with Gasteiger partial charge < -0.3 is 14.9 Å². The fourth-order valence-corrected chi connectivity index (χ4v) is 1.41. The molecular formula is C10H13N5O. The third-order valence-corrected chi connectivity index (χ3v) is 2.21. The highest BCUT2D eigenvalue weighted by Gasteiger charge is 2.01. The number of anilines is 1. The summed E-state index contributed by atoms with van der Waals surface area (Å²) in [5, 5.41) is 3.06. The Hall–Kier alpha value is -2.11. The molecule has 0 atom stereocenters. The summed E-state index contributed by atoms with van der Waals surface area (Å²) in [5.74, 6) is 2.04. The summed E-state index contributed by atoms with van der Waals surface area (Å²) in [6.07, 6.45) is 3.60. The van der Waals surface area contributed by atoms with Crippen LogP contribution in [-0.4, -0.2) is 19.5 Å². The van der Waals surface area contributed by atoms with Crippen molar-refractivity contribution in [2.75, 3.05) is 5.32 Å². The van der Waals surface area contributed by atoms with Crippen LogP contribution in [0, 0.1) is 6.92 Å². The smallest absolute Gasteiger partial charge is 0.252 e. The Labute approximate surface area is 92.4 Å². The monoisotopic (exact) mass is 219 g/mol. The van der Waals surface area contributed by atoms with Gasteiger partial charge in [-0.05, 0) is 6.92 Å². The molecule has 0 aromatic carbocycles. The van der Waals surface area contributed by atoms with E-state index in [2.05, 4.69) is 20.3 Å². The minimum atomic E-state index is -0.158. The molecule has 2 heterocycles. The van der Waals surface area contributed by atoms with E-state index in [-0.39, 0.29) is 5.56 Å². The molecule has 0 aliphatic carbocycles. The van der Waals surface area contributed by atoms with Gasteiger partial charge in [0.2, 0.25) is 0 Å². The highest BCUT2D eigenvalue weighted by atomic mass is 16.1. The summed E-state index contributed by atoms with van der Waals surface area (Å²) in [6, 6.07) is 1.43. The van der Waals surface area contributed by atoms with Gasteiger partial charge in [0.05, 0.1) is 6.54 Å². The molecule has 2 rings (SSSR count). The summed E-state index contributed by atoms with van der Waals surface area (Å²) in [6.45, 7) is 2.28. The summed E-state index contributed by atoms with van der Waals surface area (Å²) in [7, 11) is 1.92. The van der Waals surface area contributed by atoms with Gasteiger partial charge >= 0.3 is 0 Å². The molecule has 6 heteroatoms. The molecule has 0 saturated carbocycles. The lowest BCUT2D eigenvalue weighted by Gasteiger charge is -2.05. The Kier molecular flexibility index (Phi) is 2.72. The van der Waals surface area contributed by atoms with E-state index in [1.165, 1.54) is 6.07 Å². The maximum atomic E-state index is 11.2. The van der Waals surface area contributed by atoms with Crippen molar-refractivity contribution in [3.8, 4) is 0 Å². The SMILES string of the molecule is Cc1nc(NCc2nccn2C)cc(=O)[nH]1. The van der Waals surface area contributed by atoms with E-state index >= 15 is 0 Å². The quantitative estimate of drug-likeness (QED) is 0.784. The molecule has 0 spiro atoms. The van der Waals surface area contributed by atoms with Crippen molar-refractivity contribution in [1.29, 1.82) is 0 Å². The third-order valence-electron chi connectivity index (χ3n) is 2.21. The molecule has 0 saturated heterocycles. The van der Waals surface area contributed by atoms with Gasteiger partial charge in [0.15, 0.2) is 0 Å². The first-order valence-corrected chi connectivity index (χ1v) is 4.93. The van der Waals surface area contributed by atoms with Crippen LogP contribution in [0.15, 0.2) is 23.3 Å². The molecule has 6 nitrogen and oxygen atoms in total. The molecule has 0 aliphatic heterocycles. The van der Waals surface area contributed by atoms with E-state index in [0.29, 0.717) is 18.2 Å². The van der Waals surface area contributed by atoms with Gasteiger partial charge in [-0.25, -0.2) is 9.97 Å². The van der Waals surface area contributed by atoms with Crippen LogP contribution in [-0.2, 0) is 13.6 Å². The van der Waals surface area contributed by atoms with Gasteiger partial charge in [0, 0.05) is 25.5 Å². The van der Waals surface area contributed by atoms with Crippen molar-refractivity contribution in [2.45, 2.75) is 13.5 Å². The van der Waals surface area contributed by atoms with E-state index in [9.17, 15) is 4.79 Å². The number of hydrogen-bond acceptors (Lipinski definition) is 4. The summed E-state index contributed by atoms with van der Waals surface area (Å²) < 4.78 is 1.91. The Morgan fingerprint density at radius 3 is 3.00 bits per heavy atom. The maximum Gasteiger partial charge on any atom is 0.252 e. The Balaban J connectivity index is 2.10. The zero-order chi connectivity index (χ0) is 11.5. The van der Waals surface area contributed by atoms with Crippen LogP contribution < -0.4 is 10.9 Å². The largest absolute Gasteiger partial charge is 0.363 e. The van der Waals surface area contributed by atoms with E-state index < -0.39 is 0 Å². The maximum absolute atomic E-state index is 11.2. The minimum Gasteiger partial charge on any atom is -0.363 e. The lowest BCUT2D eigenvalue weighted by Crippen LogP contribution is -2.13. The van der Waals surface area contributed by atoms with Crippen LogP contribution in [0.3, 0.4) is 0 Å². The molecule has 84 valence electrons. The van der Waals surface area contributed by atoms with Gasteiger partial charge in [-0.1, -0.05) is 0 Å². The summed E-state index contributed by atoms with van der Waals surface area (Å²) >= 11 is 0. The van der Waals surface area contributed by atoms with Crippen molar-refractivity contribution in [3.05, 3.63) is 40.5 Å². The number of imidazole rings is 1. The van der Waals surface area contributed by atoms with E-state index in [0.717, 1.165) is 5.82 Å². The minimum absolute atomic E-state index is 0.158. The van der Waals surface area contributed by atoms with E-state index in [1.54, 1.807) is 13.1 Å². The van der Waals surface area contributed by atoms with Crippen LogP contribution in [0.1, 0.15) is 11.6 Å². The average molecular weight is 219 g/mol. The Morgan fingerprint density at radius 2 is 2.38 bits per heavy atom. The molecule has 2 aromatic rings. The van der Waals surface area contributed by atoms with Crippen molar-refractivity contribution in [1.82, 2.24) is 19.5 Å². The molecule has 16 heavy (non-hydrogen) atoms. The Bertz CT molecular complexity index is 542. The van der Waals surface area contributed by atoms with Gasteiger partial charge in [0.25, 0.3) is 5.56 Å². The zero-order valence-corrected chi connectivity index (χ0v) is 9.19. The molecule has 2 aromatic heterocycles. The van der Waals surface area contributed by atoms with Crippen molar-refractivity contribution in [3.63, 3.8) is 0 Å². The number of H-pyrrole nitrogens is 1. The van der Waals surface area contributed by atoms with Crippen molar-refractivity contribution < 1.29 is 0 Å². The number of aryl methyl sites for hydroxylation is 2. The number of nitrogens with zero attached hydrogens (tertiary/aromatic N) is 3. The summed E-state index contributed by atoms with van der Waals surface area (Å²) in [4.78, 5) is 22.1. The van der Waals surface area contributed by atoms with Gasteiger partial charge in [-0.3, -0.25) is 4.79 Å². The first kappa shape index (κ1) is 10.4. The van der Waals surface area contributed by atoms with Crippen LogP contribution >= 0.6 is 0 Å². The highest BCUT2D eigenvalue weighted by Crippen LogP contribution is 2.01. The lowest BCUT2D eigenvalue weighted by molar-refractivity contribution is 0.809. The number of nitrogens with one attached hydrogen (secondary N) is 2. The normalized spacial score (nSPS) is 10.4. The van der Waals surface area contributed by atoms with Gasteiger partial charge in [0.1, 0.15) is 17.5 Å². The molecule has 0 fully saturated rings. The van der Waals surface area contributed by atoms with E-state index in [4.69, 9.17) is 0 Å². The predicted molar refractivity (Wildman–Crippen MR) is 60.1 cm³/mol. The van der Waals surface area contributed by atoms with Gasteiger partial charge in [-0.15, -0.1) is 0 Å². The number of rotatable bonds is 3. The highest BCUT2D eigenvalue weighted by molar-refractivity contribution is 5.32. The molecule has 0 radical (unpaired) electrons. The zero-order valence-electron chi connectivity index (χ0n) is 9.19. The number of hydrogen-bond donors (Lipinski definition) is 2. The number of aromatic amines is 1. The van der Waals surface area contributed by atoms with Crippen molar-refractivity contribution in [2.24, 2.45) is 7.05 Å². The topological polar surface area (TPSA) is 75.6 Å². The Morgan fingerprint density at radius 1 is 1.56 bits per heavy atom. The van der Waals surface area contributed by atoms with Crippen LogP contribution in [0.4, 0.5) is 5.82 Å². The molecule has 0 bridgehead atoms. The summed E-state index contributed by atoms with van der Waals surface area (Å²) in [5.41, 5.74) is -0.158. The second-order valence-electron chi connectivity index (χ2n) is 3.52. The number of aromatic nitrogens is 4. The average Bonchev–Trinajstić information content (AvgIpc) is 2.59. The molecule has 2 N–H and O–H groups in total. The lowest BCUT2D eigenvalue weighted by atomic mass is 10.5. The second kappa shape index (κ2) is 4.18. The molecule has 0 aliphatic rings. The molecule has 0 amide bonds. The standard InChI is InChI=1S/C10H13N5O/c1-7-13-8(5-10(16)14-7)12-6-9-11-3-4-15(9)2/h3-5H,6H2,1-2H3,(H2,12,13,14,16). The van der Waals surface area contributed by atoms with Crippen molar-refractivity contribution >= 4 is 5.82 Å². The van der Waals surface area contributed by atoms with Crippen LogP contribution in [0.2, 0.25) is 0 Å². The van der Waals surface area contributed by atoms with E-state index in [1.807, 2.05) is 17.8 Å². The first-order valence-electron chi connectivity index (χ1n) is 4.93. The second-order valence-corrected chi connectivity index (χ2v) is 3.52. The fraction of sp³-hybridized carbons (Fsp3) is 0.300. The predicted octanol–water partition coefficient (Wildman–Crippen LogP) is 0.424. The molecule has 0 unspecified atom stereocenters. The van der Waals surface area contributed by atoms with Crippen LogP contribution in [0.5, 0.6) is 0 Å². The molecular weight excluding hydrogens is 206 g/mol. The third kappa shape index (κ3) is 2.28. The first-order chi connectivity index (χ1) is 7.65. The van der Waals surface area contributed by atoms with Gasteiger partial charge in [-0.2, -0.15) is 0 Å².